The first kappa shape index (κ1) is 14.4. The summed E-state index contributed by atoms with van der Waals surface area (Å²) in [6.45, 7) is 2.19. The van der Waals surface area contributed by atoms with Crippen molar-refractivity contribution in [2.75, 3.05) is 26.8 Å². The van der Waals surface area contributed by atoms with E-state index in [1.165, 1.54) is 13.2 Å². The van der Waals surface area contributed by atoms with Gasteiger partial charge in [-0.15, -0.1) is 0 Å². The maximum atomic E-state index is 13.4. The van der Waals surface area contributed by atoms with Crippen molar-refractivity contribution in [3.63, 3.8) is 0 Å². The van der Waals surface area contributed by atoms with E-state index >= 15 is 0 Å². The summed E-state index contributed by atoms with van der Waals surface area (Å²) in [4.78, 5) is 13.5. The van der Waals surface area contributed by atoms with Gasteiger partial charge in [-0.3, -0.25) is 4.90 Å². The molecule has 1 saturated heterocycles. The van der Waals surface area contributed by atoms with Gasteiger partial charge in [0.2, 0.25) is 0 Å². The zero-order valence-electron chi connectivity index (χ0n) is 10.6. The van der Waals surface area contributed by atoms with Gasteiger partial charge in [-0.2, -0.15) is 0 Å². The van der Waals surface area contributed by atoms with Gasteiger partial charge in [0.25, 0.3) is 0 Å². The summed E-state index contributed by atoms with van der Waals surface area (Å²) in [7, 11) is 1.34. The highest BCUT2D eigenvalue weighted by molar-refractivity contribution is 9.10. The van der Waals surface area contributed by atoms with E-state index in [0.29, 0.717) is 30.7 Å². The number of nitrogens with zero attached hydrogens (tertiary/aromatic N) is 1. The predicted octanol–water partition coefficient (Wildman–Crippen LogP) is 1.96. The van der Waals surface area contributed by atoms with Crippen LogP contribution in [0.1, 0.15) is 5.56 Å². The van der Waals surface area contributed by atoms with E-state index in [-0.39, 0.29) is 11.8 Å². The van der Waals surface area contributed by atoms with Crippen molar-refractivity contribution < 1.29 is 18.7 Å². The number of hydrogen-bond acceptors (Lipinski definition) is 4. The van der Waals surface area contributed by atoms with Crippen LogP contribution in [0.3, 0.4) is 0 Å². The number of esters is 1. The molecular formula is C13H15BrFNO3. The first-order chi connectivity index (χ1) is 9.11. The average Bonchev–Trinajstić information content (AvgIpc) is 2.43. The number of halogens is 2. The Bertz CT molecular complexity index is 469. The third kappa shape index (κ3) is 3.52. The third-order valence-electron chi connectivity index (χ3n) is 3.04. The van der Waals surface area contributed by atoms with E-state index in [2.05, 4.69) is 20.7 Å². The van der Waals surface area contributed by atoms with Crippen LogP contribution < -0.4 is 0 Å². The first-order valence-corrected chi connectivity index (χ1v) is 6.76. The molecule has 1 unspecified atom stereocenters. The number of carbonyl (C=O) groups is 1. The lowest BCUT2D eigenvalue weighted by Gasteiger charge is -2.31. The Hall–Kier alpha value is -0.980. The molecule has 0 N–H and O–H groups in total. The summed E-state index contributed by atoms with van der Waals surface area (Å²) >= 11 is 3.24. The molecule has 1 fully saturated rings. The highest BCUT2D eigenvalue weighted by Gasteiger charge is 2.27. The number of benzene rings is 1. The summed E-state index contributed by atoms with van der Waals surface area (Å²) in [6.07, 6.45) is -0.564. The molecule has 0 radical (unpaired) electrons. The molecule has 1 aliphatic heterocycles. The van der Waals surface area contributed by atoms with Gasteiger partial charge in [-0.25, -0.2) is 9.18 Å². The maximum Gasteiger partial charge on any atom is 0.336 e. The Morgan fingerprint density at radius 3 is 3.16 bits per heavy atom. The number of methoxy groups -OCH3 is 1. The number of ether oxygens (including phenoxy) is 2. The number of hydrogen-bond donors (Lipinski definition) is 0. The van der Waals surface area contributed by atoms with E-state index in [4.69, 9.17) is 4.74 Å². The Morgan fingerprint density at radius 2 is 2.42 bits per heavy atom. The SMILES string of the molecule is COC(=O)C1CN(Cc2cccc(F)c2Br)CCO1. The van der Waals surface area contributed by atoms with Crippen LogP contribution >= 0.6 is 15.9 Å². The van der Waals surface area contributed by atoms with Crippen LogP contribution in [0.2, 0.25) is 0 Å². The molecule has 1 aromatic rings. The molecule has 2 rings (SSSR count). The summed E-state index contributed by atoms with van der Waals surface area (Å²) in [5.41, 5.74) is 0.852. The van der Waals surface area contributed by atoms with Crippen LogP contribution in [-0.4, -0.2) is 43.8 Å². The van der Waals surface area contributed by atoms with Crippen LogP contribution in [0.4, 0.5) is 4.39 Å². The van der Waals surface area contributed by atoms with Crippen molar-refractivity contribution in [1.82, 2.24) is 4.90 Å². The molecule has 19 heavy (non-hydrogen) atoms. The zero-order chi connectivity index (χ0) is 13.8. The van der Waals surface area contributed by atoms with Crippen molar-refractivity contribution in [2.45, 2.75) is 12.6 Å². The maximum absolute atomic E-state index is 13.4. The number of morpholine rings is 1. The minimum absolute atomic E-state index is 0.282. The Kier molecular flexibility index (Phi) is 4.90. The van der Waals surface area contributed by atoms with Crippen molar-refractivity contribution in [3.05, 3.63) is 34.1 Å². The molecular weight excluding hydrogens is 317 g/mol. The Balaban J connectivity index is 2.03. The molecule has 1 atom stereocenters. The van der Waals surface area contributed by atoms with Crippen molar-refractivity contribution >= 4 is 21.9 Å². The molecule has 1 aromatic carbocycles. The van der Waals surface area contributed by atoms with Crippen molar-refractivity contribution in [3.8, 4) is 0 Å². The molecule has 4 nitrogen and oxygen atoms in total. The summed E-state index contributed by atoms with van der Waals surface area (Å²) < 4.78 is 23.9. The minimum atomic E-state index is -0.564. The lowest BCUT2D eigenvalue weighted by molar-refractivity contribution is -0.160. The molecule has 0 bridgehead atoms. The van der Waals surface area contributed by atoms with Crippen molar-refractivity contribution in [2.24, 2.45) is 0 Å². The third-order valence-corrected chi connectivity index (χ3v) is 3.93. The molecule has 0 amide bonds. The number of rotatable bonds is 3. The first-order valence-electron chi connectivity index (χ1n) is 5.96. The predicted molar refractivity (Wildman–Crippen MR) is 71.1 cm³/mol. The van der Waals surface area contributed by atoms with Crippen LogP contribution in [-0.2, 0) is 20.8 Å². The highest BCUT2D eigenvalue weighted by atomic mass is 79.9. The molecule has 0 aromatic heterocycles. The normalized spacial score (nSPS) is 20.3. The fourth-order valence-electron chi connectivity index (χ4n) is 2.03. The minimum Gasteiger partial charge on any atom is -0.467 e. The molecule has 1 heterocycles. The zero-order valence-corrected chi connectivity index (χ0v) is 12.2. The fraction of sp³-hybridized carbons (Fsp3) is 0.462. The quantitative estimate of drug-likeness (QED) is 0.794. The summed E-state index contributed by atoms with van der Waals surface area (Å²) in [5.74, 6) is -0.654. The van der Waals surface area contributed by atoms with E-state index in [1.54, 1.807) is 6.07 Å². The largest absolute Gasteiger partial charge is 0.467 e. The standard InChI is InChI=1S/C13H15BrFNO3/c1-18-13(17)11-8-16(5-6-19-11)7-9-3-2-4-10(15)12(9)14/h2-4,11H,5-8H2,1H3. The van der Waals surface area contributed by atoms with Gasteiger partial charge in [0, 0.05) is 19.6 Å². The molecule has 0 saturated carbocycles. The monoisotopic (exact) mass is 331 g/mol. The summed E-state index contributed by atoms with van der Waals surface area (Å²) in [5, 5.41) is 0. The highest BCUT2D eigenvalue weighted by Crippen LogP contribution is 2.22. The second-order valence-corrected chi connectivity index (χ2v) is 5.12. The van der Waals surface area contributed by atoms with Crippen LogP contribution in [0.15, 0.2) is 22.7 Å². The van der Waals surface area contributed by atoms with Gasteiger partial charge in [0.05, 0.1) is 18.2 Å². The topological polar surface area (TPSA) is 38.8 Å². The van der Waals surface area contributed by atoms with E-state index in [9.17, 15) is 9.18 Å². The van der Waals surface area contributed by atoms with Gasteiger partial charge in [-0.05, 0) is 27.6 Å². The molecule has 0 aliphatic carbocycles. The van der Waals surface area contributed by atoms with Crippen LogP contribution in [0.5, 0.6) is 0 Å². The van der Waals surface area contributed by atoms with Gasteiger partial charge in [0.1, 0.15) is 5.82 Å². The van der Waals surface area contributed by atoms with Gasteiger partial charge < -0.3 is 9.47 Å². The average molecular weight is 332 g/mol. The second kappa shape index (κ2) is 6.45. The number of carbonyl (C=O) groups excluding carboxylic acids is 1. The van der Waals surface area contributed by atoms with Crippen LogP contribution in [0.25, 0.3) is 0 Å². The molecule has 0 spiro atoms. The summed E-state index contributed by atoms with van der Waals surface area (Å²) in [6, 6.07) is 4.94. The molecule has 1 aliphatic rings. The fourth-order valence-corrected chi connectivity index (χ4v) is 2.42. The van der Waals surface area contributed by atoms with Gasteiger partial charge in [-0.1, -0.05) is 12.1 Å². The second-order valence-electron chi connectivity index (χ2n) is 4.33. The van der Waals surface area contributed by atoms with E-state index < -0.39 is 6.10 Å². The smallest absolute Gasteiger partial charge is 0.336 e. The van der Waals surface area contributed by atoms with Gasteiger partial charge >= 0.3 is 5.97 Å². The Morgan fingerprint density at radius 1 is 1.63 bits per heavy atom. The Labute approximate surface area is 119 Å². The van der Waals surface area contributed by atoms with Crippen molar-refractivity contribution in [1.29, 1.82) is 0 Å². The van der Waals surface area contributed by atoms with Crippen LogP contribution in [0, 0.1) is 5.82 Å². The lowest BCUT2D eigenvalue weighted by atomic mass is 10.2. The molecule has 6 heteroatoms. The lowest BCUT2D eigenvalue weighted by Crippen LogP contribution is -2.46. The van der Waals surface area contributed by atoms with Gasteiger partial charge in [0.15, 0.2) is 6.10 Å². The van der Waals surface area contributed by atoms with E-state index in [0.717, 1.165) is 5.56 Å². The molecule has 104 valence electrons. The van der Waals surface area contributed by atoms with E-state index in [1.807, 2.05) is 11.0 Å².